The van der Waals surface area contributed by atoms with Gasteiger partial charge in [0.05, 0.1) is 6.04 Å². The molecule has 2 aromatic rings. The number of nitrogens with zero attached hydrogens (tertiary/aromatic N) is 5. The average Bonchev–Trinajstić information content (AvgIpc) is 3.20. The Morgan fingerprint density at radius 1 is 1.26 bits per heavy atom. The zero-order chi connectivity index (χ0) is 17.8. The lowest BCUT2D eigenvalue weighted by atomic mass is 10.1. The monoisotopic (exact) mass is 391 g/mol. The molecule has 2 atom stereocenters. The van der Waals surface area contributed by atoms with Gasteiger partial charge in [-0.1, -0.05) is 0 Å². The van der Waals surface area contributed by atoms with E-state index in [0.29, 0.717) is 11.7 Å². The number of anilines is 1. The predicted molar refractivity (Wildman–Crippen MR) is 105 cm³/mol. The summed E-state index contributed by atoms with van der Waals surface area (Å²) in [7, 11) is 0. The van der Waals surface area contributed by atoms with Crippen LogP contribution in [0.25, 0.3) is 0 Å². The first-order chi connectivity index (χ1) is 12.8. The number of hydrogen-bond donors (Lipinski definition) is 2. The van der Waals surface area contributed by atoms with Crippen LogP contribution in [0.5, 0.6) is 0 Å². The second kappa shape index (κ2) is 9.14. The molecule has 0 bridgehead atoms. The van der Waals surface area contributed by atoms with E-state index in [1.54, 1.807) is 6.20 Å². The molecule has 27 heavy (non-hydrogen) atoms. The quantitative estimate of drug-likeness (QED) is 0.819. The molecule has 2 fully saturated rings. The summed E-state index contributed by atoms with van der Waals surface area (Å²) in [6.45, 7) is 3.67. The Balaban J connectivity index is 0.00000210. The van der Waals surface area contributed by atoms with Crippen molar-refractivity contribution in [1.82, 2.24) is 30.6 Å². The van der Waals surface area contributed by atoms with Crippen LogP contribution in [0.15, 0.2) is 30.6 Å². The Bertz CT molecular complexity index is 732. The number of amides is 1. The van der Waals surface area contributed by atoms with Gasteiger partial charge in [0.15, 0.2) is 5.82 Å². The predicted octanol–water partition coefficient (Wildman–Crippen LogP) is 1.42. The molecular formula is C18H26ClN7O. The lowest BCUT2D eigenvalue weighted by Crippen LogP contribution is -2.48. The largest absolute Gasteiger partial charge is 0.353 e. The standard InChI is InChI=1S/C18H25N7O.ClH/c26-18(16-7-11-25(23-16)15-5-1-8-19-12-15)21-14-4-3-10-24(13-14)17-6-2-9-20-22-17;/h2,6-7,9,11,14-15,19H,1,3-5,8,10,12-13H2,(H,21,26);1H. The molecule has 2 aliphatic heterocycles. The molecule has 146 valence electrons. The van der Waals surface area contributed by atoms with Gasteiger partial charge >= 0.3 is 0 Å². The number of rotatable bonds is 4. The molecule has 2 aliphatic rings. The highest BCUT2D eigenvalue weighted by Gasteiger charge is 2.24. The number of piperidine rings is 2. The van der Waals surface area contributed by atoms with Crippen LogP contribution >= 0.6 is 12.4 Å². The molecule has 0 aliphatic carbocycles. The Kier molecular flexibility index (Phi) is 6.63. The number of hydrogen-bond acceptors (Lipinski definition) is 6. The summed E-state index contributed by atoms with van der Waals surface area (Å²) >= 11 is 0. The maximum atomic E-state index is 12.6. The van der Waals surface area contributed by atoms with Crippen LogP contribution in [0, 0.1) is 0 Å². The minimum absolute atomic E-state index is 0. The van der Waals surface area contributed by atoms with E-state index < -0.39 is 0 Å². The van der Waals surface area contributed by atoms with Crippen molar-refractivity contribution < 1.29 is 4.79 Å². The molecule has 2 N–H and O–H groups in total. The van der Waals surface area contributed by atoms with Gasteiger partial charge in [0.1, 0.15) is 5.69 Å². The first-order valence-corrected chi connectivity index (χ1v) is 9.39. The van der Waals surface area contributed by atoms with Gasteiger partial charge in [0.2, 0.25) is 0 Å². The van der Waals surface area contributed by atoms with E-state index >= 15 is 0 Å². The summed E-state index contributed by atoms with van der Waals surface area (Å²) < 4.78 is 1.92. The van der Waals surface area contributed by atoms with Crippen molar-refractivity contribution in [2.24, 2.45) is 0 Å². The van der Waals surface area contributed by atoms with Crippen LogP contribution < -0.4 is 15.5 Å². The molecule has 2 unspecified atom stereocenters. The van der Waals surface area contributed by atoms with Crippen LogP contribution in [0.1, 0.15) is 42.2 Å². The smallest absolute Gasteiger partial charge is 0.272 e. The van der Waals surface area contributed by atoms with Crippen molar-refractivity contribution in [2.45, 2.75) is 37.8 Å². The van der Waals surface area contributed by atoms with Gasteiger partial charge in [0.25, 0.3) is 5.91 Å². The second-order valence-corrected chi connectivity index (χ2v) is 7.02. The third kappa shape index (κ3) is 4.75. The van der Waals surface area contributed by atoms with Crippen molar-refractivity contribution in [1.29, 1.82) is 0 Å². The molecule has 8 nitrogen and oxygen atoms in total. The molecular weight excluding hydrogens is 366 g/mol. The molecule has 9 heteroatoms. The topological polar surface area (TPSA) is 88.0 Å². The number of nitrogens with one attached hydrogen (secondary N) is 2. The van der Waals surface area contributed by atoms with E-state index in [9.17, 15) is 4.79 Å². The second-order valence-electron chi connectivity index (χ2n) is 7.02. The Morgan fingerprint density at radius 2 is 2.19 bits per heavy atom. The lowest BCUT2D eigenvalue weighted by Gasteiger charge is -2.33. The fraction of sp³-hybridized carbons (Fsp3) is 0.556. The number of halogens is 1. The molecule has 2 saturated heterocycles. The number of carbonyl (C=O) groups is 1. The summed E-state index contributed by atoms with van der Waals surface area (Å²) in [5, 5.41) is 19.1. The first kappa shape index (κ1) is 19.6. The molecule has 4 rings (SSSR count). The molecule has 0 saturated carbocycles. The fourth-order valence-corrected chi connectivity index (χ4v) is 3.75. The normalized spacial score (nSPS) is 22.7. The van der Waals surface area contributed by atoms with Gasteiger partial charge in [-0.05, 0) is 50.4 Å². The van der Waals surface area contributed by atoms with Crippen molar-refractivity contribution >= 4 is 24.1 Å². The highest BCUT2D eigenvalue weighted by molar-refractivity contribution is 5.92. The van der Waals surface area contributed by atoms with Crippen LogP contribution in [0.2, 0.25) is 0 Å². The highest BCUT2D eigenvalue weighted by Crippen LogP contribution is 2.18. The van der Waals surface area contributed by atoms with Gasteiger partial charge in [-0.15, -0.1) is 17.5 Å². The van der Waals surface area contributed by atoms with Crippen LogP contribution in [-0.4, -0.2) is 58.1 Å². The Morgan fingerprint density at radius 3 is 2.96 bits per heavy atom. The molecule has 0 aromatic carbocycles. The van der Waals surface area contributed by atoms with Crippen molar-refractivity contribution in [3.05, 3.63) is 36.3 Å². The van der Waals surface area contributed by atoms with E-state index in [2.05, 4.69) is 30.8 Å². The zero-order valence-corrected chi connectivity index (χ0v) is 16.1. The van der Waals surface area contributed by atoms with Gasteiger partial charge in [-0.2, -0.15) is 10.2 Å². The van der Waals surface area contributed by atoms with E-state index in [1.165, 1.54) is 0 Å². The maximum Gasteiger partial charge on any atom is 0.272 e. The number of aromatic nitrogens is 4. The minimum Gasteiger partial charge on any atom is -0.353 e. The highest BCUT2D eigenvalue weighted by atomic mass is 35.5. The molecule has 2 aromatic heterocycles. The average molecular weight is 392 g/mol. The zero-order valence-electron chi connectivity index (χ0n) is 15.3. The van der Waals surface area contributed by atoms with Crippen molar-refractivity contribution in [3.63, 3.8) is 0 Å². The third-order valence-electron chi connectivity index (χ3n) is 5.12. The van der Waals surface area contributed by atoms with Gasteiger partial charge in [0, 0.05) is 38.1 Å². The molecule has 1 amide bonds. The van der Waals surface area contributed by atoms with E-state index in [1.807, 2.05) is 29.1 Å². The summed E-state index contributed by atoms with van der Waals surface area (Å²) in [4.78, 5) is 14.8. The maximum absolute atomic E-state index is 12.6. The van der Waals surface area contributed by atoms with Gasteiger partial charge in [-0.3, -0.25) is 9.48 Å². The summed E-state index contributed by atoms with van der Waals surface area (Å²) in [6, 6.07) is 6.09. The molecule has 0 spiro atoms. The van der Waals surface area contributed by atoms with Gasteiger partial charge < -0.3 is 15.5 Å². The van der Waals surface area contributed by atoms with E-state index in [0.717, 1.165) is 57.7 Å². The first-order valence-electron chi connectivity index (χ1n) is 9.39. The summed E-state index contributed by atoms with van der Waals surface area (Å²) in [6.07, 6.45) is 7.82. The minimum atomic E-state index is -0.0986. The molecule has 4 heterocycles. The summed E-state index contributed by atoms with van der Waals surface area (Å²) in [5.74, 6) is 0.763. The lowest BCUT2D eigenvalue weighted by molar-refractivity contribution is 0.0926. The van der Waals surface area contributed by atoms with Crippen LogP contribution in [0.4, 0.5) is 5.82 Å². The third-order valence-corrected chi connectivity index (χ3v) is 5.12. The van der Waals surface area contributed by atoms with Crippen molar-refractivity contribution in [3.8, 4) is 0 Å². The van der Waals surface area contributed by atoms with Crippen molar-refractivity contribution in [2.75, 3.05) is 31.1 Å². The van der Waals surface area contributed by atoms with Crippen LogP contribution in [-0.2, 0) is 0 Å². The van der Waals surface area contributed by atoms with Crippen LogP contribution in [0.3, 0.4) is 0 Å². The Hall–Kier alpha value is -2.19. The SMILES string of the molecule is Cl.O=C(NC1CCCN(c2cccnn2)C1)c1ccn(C2CCCNC2)n1. The summed E-state index contributed by atoms with van der Waals surface area (Å²) in [5.41, 5.74) is 0.493. The molecule has 0 radical (unpaired) electrons. The Labute approximate surface area is 165 Å². The number of carbonyl (C=O) groups excluding carboxylic acids is 1. The van der Waals surface area contributed by atoms with E-state index in [-0.39, 0.29) is 24.4 Å². The van der Waals surface area contributed by atoms with E-state index in [4.69, 9.17) is 0 Å². The fourth-order valence-electron chi connectivity index (χ4n) is 3.75. The van der Waals surface area contributed by atoms with Gasteiger partial charge in [-0.25, -0.2) is 0 Å².